The quantitative estimate of drug-likeness (QED) is 0.910. The zero-order valence-electron chi connectivity index (χ0n) is 15.1. The van der Waals surface area contributed by atoms with Gasteiger partial charge in [0.25, 0.3) is 5.91 Å². The number of benzene rings is 1. The van der Waals surface area contributed by atoms with Crippen LogP contribution >= 0.6 is 0 Å². The first-order chi connectivity index (χ1) is 11.5. The van der Waals surface area contributed by atoms with Crippen LogP contribution in [-0.4, -0.2) is 23.6 Å². The highest BCUT2D eigenvalue weighted by molar-refractivity contribution is 6.05. The largest absolute Gasteiger partial charge is 0.372 e. The Morgan fingerprint density at radius 1 is 1.12 bits per heavy atom. The van der Waals surface area contributed by atoms with Crippen molar-refractivity contribution >= 4 is 17.3 Å². The number of rotatable bonds is 4. The predicted octanol–water partition coefficient (Wildman–Crippen LogP) is 4.29. The van der Waals surface area contributed by atoms with E-state index in [-0.39, 0.29) is 5.91 Å². The van der Waals surface area contributed by atoms with Crippen molar-refractivity contribution in [2.45, 2.75) is 47.1 Å². The van der Waals surface area contributed by atoms with Gasteiger partial charge in [-0.1, -0.05) is 0 Å². The number of aromatic nitrogens is 1. The fourth-order valence-corrected chi connectivity index (χ4v) is 3.67. The van der Waals surface area contributed by atoms with E-state index in [2.05, 4.69) is 40.8 Å². The molecule has 2 heterocycles. The molecule has 0 radical (unpaired) electrons. The second kappa shape index (κ2) is 6.71. The van der Waals surface area contributed by atoms with Crippen molar-refractivity contribution < 1.29 is 4.79 Å². The highest BCUT2D eigenvalue weighted by Crippen LogP contribution is 2.26. The van der Waals surface area contributed by atoms with Crippen molar-refractivity contribution in [3.63, 3.8) is 0 Å². The average Bonchev–Trinajstić information content (AvgIpc) is 3.17. The molecule has 0 atom stereocenters. The number of nitrogens with one attached hydrogen (secondary N) is 1. The van der Waals surface area contributed by atoms with Crippen LogP contribution < -0.4 is 10.2 Å². The minimum Gasteiger partial charge on any atom is -0.372 e. The Hall–Kier alpha value is -2.23. The van der Waals surface area contributed by atoms with E-state index in [1.807, 2.05) is 26.0 Å². The molecule has 1 aliphatic heterocycles. The van der Waals surface area contributed by atoms with Crippen LogP contribution in [0.3, 0.4) is 0 Å². The molecule has 24 heavy (non-hydrogen) atoms. The summed E-state index contributed by atoms with van der Waals surface area (Å²) < 4.78 is 2.16. The zero-order chi connectivity index (χ0) is 17.3. The standard InChI is InChI=1S/C20H27N3O/c1-5-23-15(3)13-18(16(23)4)20(24)21-19-9-8-17(12-14(19)2)22-10-6-7-11-22/h8-9,12-13H,5-7,10-11H2,1-4H3,(H,21,24). The molecule has 1 aliphatic rings. The first-order valence-corrected chi connectivity index (χ1v) is 8.85. The van der Waals surface area contributed by atoms with Crippen LogP contribution in [0.4, 0.5) is 11.4 Å². The maximum atomic E-state index is 12.7. The summed E-state index contributed by atoms with van der Waals surface area (Å²) in [4.78, 5) is 15.1. The summed E-state index contributed by atoms with van der Waals surface area (Å²) in [5.41, 5.74) is 6.17. The normalized spacial score (nSPS) is 14.2. The Kier molecular flexibility index (Phi) is 4.65. The van der Waals surface area contributed by atoms with Gasteiger partial charge in [0.2, 0.25) is 0 Å². The van der Waals surface area contributed by atoms with Gasteiger partial charge < -0.3 is 14.8 Å². The molecule has 4 nitrogen and oxygen atoms in total. The minimum atomic E-state index is -0.0279. The van der Waals surface area contributed by atoms with Crippen molar-refractivity contribution in [3.8, 4) is 0 Å². The van der Waals surface area contributed by atoms with Crippen molar-refractivity contribution in [2.24, 2.45) is 0 Å². The van der Waals surface area contributed by atoms with Crippen LogP contribution in [0.5, 0.6) is 0 Å². The third-order valence-corrected chi connectivity index (χ3v) is 5.06. The number of carbonyl (C=O) groups is 1. The van der Waals surface area contributed by atoms with Gasteiger partial charge >= 0.3 is 0 Å². The summed E-state index contributed by atoms with van der Waals surface area (Å²) in [5, 5.41) is 3.08. The van der Waals surface area contributed by atoms with Crippen molar-refractivity contribution in [2.75, 3.05) is 23.3 Å². The zero-order valence-corrected chi connectivity index (χ0v) is 15.1. The molecule has 0 saturated carbocycles. The Morgan fingerprint density at radius 3 is 2.42 bits per heavy atom. The van der Waals surface area contributed by atoms with Gasteiger partial charge in [-0.3, -0.25) is 4.79 Å². The van der Waals surface area contributed by atoms with E-state index in [4.69, 9.17) is 0 Å². The van der Waals surface area contributed by atoms with Gasteiger partial charge in [0.1, 0.15) is 0 Å². The highest BCUT2D eigenvalue weighted by atomic mass is 16.1. The van der Waals surface area contributed by atoms with Crippen LogP contribution in [0.1, 0.15) is 47.1 Å². The van der Waals surface area contributed by atoms with E-state index in [1.54, 1.807) is 0 Å². The van der Waals surface area contributed by atoms with Crippen LogP contribution in [-0.2, 0) is 6.54 Å². The molecule has 128 valence electrons. The molecular formula is C20H27N3O. The maximum absolute atomic E-state index is 12.7. The SMILES string of the molecule is CCn1c(C)cc(C(=O)Nc2ccc(N3CCCC3)cc2C)c1C. The first kappa shape index (κ1) is 16.6. The molecule has 1 N–H and O–H groups in total. The average molecular weight is 325 g/mol. The lowest BCUT2D eigenvalue weighted by Crippen LogP contribution is -2.18. The molecule has 2 aromatic rings. The molecule has 0 unspecified atom stereocenters. The Morgan fingerprint density at radius 2 is 1.83 bits per heavy atom. The molecule has 0 bridgehead atoms. The van der Waals surface area contributed by atoms with Gasteiger partial charge in [-0.05, 0) is 70.4 Å². The minimum absolute atomic E-state index is 0.0279. The topological polar surface area (TPSA) is 37.3 Å². The van der Waals surface area contributed by atoms with Gasteiger partial charge in [-0.2, -0.15) is 0 Å². The van der Waals surface area contributed by atoms with Crippen molar-refractivity contribution in [1.82, 2.24) is 4.57 Å². The number of nitrogens with zero attached hydrogens (tertiary/aromatic N) is 2. The summed E-state index contributed by atoms with van der Waals surface area (Å²) in [6.45, 7) is 11.4. The second-order valence-electron chi connectivity index (χ2n) is 6.68. The Labute approximate surface area is 144 Å². The highest BCUT2D eigenvalue weighted by Gasteiger charge is 2.17. The summed E-state index contributed by atoms with van der Waals surface area (Å²) >= 11 is 0. The van der Waals surface area contributed by atoms with Gasteiger partial charge in [0.15, 0.2) is 0 Å². The summed E-state index contributed by atoms with van der Waals surface area (Å²) in [6, 6.07) is 8.29. The van der Waals surface area contributed by atoms with Gasteiger partial charge in [-0.15, -0.1) is 0 Å². The molecular weight excluding hydrogens is 298 g/mol. The molecule has 4 heteroatoms. The van der Waals surface area contributed by atoms with Crippen molar-refractivity contribution in [1.29, 1.82) is 0 Å². The molecule has 1 saturated heterocycles. The third kappa shape index (κ3) is 3.05. The van der Waals surface area contributed by atoms with Crippen molar-refractivity contribution in [3.05, 3.63) is 46.8 Å². The fourth-order valence-electron chi connectivity index (χ4n) is 3.67. The second-order valence-corrected chi connectivity index (χ2v) is 6.68. The fraction of sp³-hybridized carbons (Fsp3) is 0.450. The summed E-state index contributed by atoms with van der Waals surface area (Å²) in [5.74, 6) is -0.0279. The molecule has 0 spiro atoms. The summed E-state index contributed by atoms with van der Waals surface area (Å²) in [7, 11) is 0. The van der Waals surface area contributed by atoms with E-state index in [0.29, 0.717) is 0 Å². The van der Waals surface area contributed by atoms with Crippen LogP contribution in [0.25, 0.3) is 0 Å². The number of aryl methyl sites for hydroxylation is 2. The van der Waals surface area contributed by atoms with Gasteiger partial charge in [-0.25, -0.2) is 0 Å². The van der Waals surface area contributed by atoms with E-state index in [9.17, 15) is 4.79 Å². The molecule has 1 amide bonds. The number of hydrogen-bond donors (Lipinski definition) is 1. The third-order valence-electron chi connectivity index (χ3n) is 5.06. The molecule has 1 aromatic heterocycles. The predicted molar refractivity (Wildman–Crippen MR) is 100 cm³/mol. The first-order valence-electron chi connectivity index (χ1n) is 8.85. The van der Waals surface area contributed by atoms with Crippen LogP contribution in [0, 0.1) is 20.8 Å². The molecule has 1 fully saturated rings. The van der Waals surface area contributed by atoms with Gasteiger partial charge in [0.05, 0.1) is 5.56 Å². The van der Waals surface area contributed by atoms with E-state index >= 15 is 0 Å². The molecule has 3 rings (SSSR count). The van der Waals surface area contributed by atoms with Crippen LogP contribution in [0.2, 0.25) is 0 Å². The molecule has 1 aromatic carbocycles. The Bertz CT molecular complexity index is 754. The monoisotopic (exact) mass is 325 g/mol. The van der Waals surface area contributed by atoms with E-state index in [1.165, 1.54) is 18.5 Å². The Balaban J connectivity index is 1.79. The van der Waals surface area contributed by atoms with Crippen LogP contribution in [0.15, 0.2) is 24.3 Å². The van der Waals surface area contributed by atoms with Gasteiger partial charge in [0, 0.05) is 42.4 Å². The number of amides is 1. The smallest absolute Gasteiger partial charge is 0.257 e. The van der Waals surface area contributed by atoms with E-state index < -0.39 is 0 Å². The van der Waals surface area contributed by atoms with E-state index in [0.717, 1.165) is 47.8 Å². The number of anilines is 2. The number of hydrogen-bond acceptors (Lipinski definition) is 2. The number of carbonyl (C=O) groups excluding carboxylic acids is 1. The maximum Gasteiger partial charge on any atom is 0.257 e. The summed E-state index contributed by atoms with van der Waals surface area (Å²) in [6.07, 6.45) is 2.54. The molecule has 0 aliphatic carbocycles. The lowest BCUT2D eigenvalue weighted by Gasteiger charge is -2.19. The lowest BCUT2D eigenvalue weighted by molar-refractivity contribution is 0.102. The lowest BCUT2D eigenvalue weighted by atomic mass is 10.1.